The molecule has 4 rings (SSSR count). The summed E-state index contributed by atoms with van der Waals surface area (Å²) in [4.78, 5) is 7.64. The van der Waals surface area contributed by atoms with E-state index in [0.29, 0.717) is 22.6 Å². The molecule has 6 heteroatoms. The highest BCUT2D eigenvalue weighted by atomic mass is 19.1. The Balaban J connectivity index is 1.72. The number of hydrogen-bond acceptors (Lipinski definition) is 3. The fourth-order valence-electron chi connectivity index (χ4n) is 3.83. The van der Waals surface area contributed by atoms with Crippen molar-refractivity contribution in [2.75, 3.05) is 5.32 Å². The van der Waals surface area contributed by atoms with Crippen LogP contribution < -0.4 is 5.32 Å². The van der Waals surface area contributed by atoms with Crippen LogP contribution in [0.15, 0.2) is 36.4 Å². The van der Waals surface area contributed by atoms with E-state index in [9.17, 15) is 14.0 Å². The first kappa shape index (κ1) is 16.5. The number of anilines is 1. The number of benzene rings is 2. The predicted octanol–water partition coefficient (Wildman–Crippen LogP) is 5.06. The second-order valence-corrected chi connectivity index (χ2v) is 6.73. The van der Waals surface area contributed by atoms with Crippen LogP contribution in [0.25, 0.3) is 11.0 Å². The molecule has 1 saturated carbocycles. The Labute approximate surface area is 149 Å². The van der Waals surface area contributed by atoms with Crippen LogP contribution in [0.1, 0.15) is 42.9 Å². The number of fused-ring (bicyclic) bond motifs is 1. The molecule has 1 aromatic heterocycles. The molecule has 0 unspecified atom stereocenters. The van der Waals surface area contributed by atoms with Gasteiger partial charge >= 0.3 is 0 Å². The van der Waals surface area contributed by atoms with Gasteiger partial charge in [-0.15, -0.1) is 0 Å². The molecule has 0 aliphatic heterocycles. The topological polar surface area (TPSA) is 64.5 Å². The SMILES string of the molecule is N#Cc1cccc2[nH]c(N[C@H](c3ccc(F)cc3F)C3CCCC3)nc12. The third-order valence-electron chi connectivity index (χ3n) is 5.09. The van der Waals surface area contributed by atoms with Gasteiger partial charge in [0.25, 0.3) is 0 Å². The smallest absolute Gasteiger partial charge is 0.201 e. The Morgan fingerprint density at radius 1 is 1.19 bits per heavy atom. The van der Waals surface area contributed by atoms with Crippen LogP contribution in [0.3, 0.4) is 0 Å². The van der Waals surface area contributed by atoms with Gasteiger partial charge in [0.1, 0.15) is 23.2 Å². The van der Waals surface area contributed by atoms with Gasteiger partial charge in [-0.3, -0.25) is 0 Å². The van der Waals surface area contributed by atoms with Crippen molar-refractivity contribution in [2.24, 2.45) is 5.92 Å². The van der Waals surface area contributed by atoms with Crippen LogP contribution in [0, 0.1) is 28.9 Å². The van der Waals surface area contributed by atoms with Crippen LogP contribution >= 0.6 is 0 Å². The molecule has 0 spiro atoms. The zero-order valence-electron chi connectivity index (χ0n) is 14.1. The number of rotatable bonds is 4. The minimum absolute atomic E-state index is 0.249. The van der Waals surface area contributed by atoms with Gasteiger partial charge in [0.15, 0.2) is 0 Å². The average Bonchev–Trinajstić information content (AvgIpc) is 3.29. The monoisotopic (exact) mass is 352 g/mol. The van der Waals surface area contributed by atoms with Crippen LogP contribution in [0.2, 0.25) is 0 Å². The van der Waals surface area contributed by atoms with Gasteiger partial charge in [-0.1, -0.05) is 25.0 Å². The number of imidazole rings is 1. The van der Waals surface area contributed by atoms with E-state index in [1.165, 1.54) is 12.1 Å². The first-order chi connectivity index (χ1) is 12.7. The molecule has 0 bridgehead atoms. The average molecular weight is 352 g/mol. The molecule has 1 aliphatic carbocycles. The molecule has 132 valence electrons. The van der Waals surface area contributed by atoms with Crippen molar-refractivity contribution >= 4 is 17.0 Å². The molecule has 3 aromatic rings. The third kappa shape index (κ3) is 3.01. The molecule has 26 heavy (non-hydrogen) atoms. The van der Waals surface area contributed by atoms with Crippen molar-refractivity contribution in [2.45, 2.75) is 31.7 Å². The summed E-state index contributed by atoms with van der Waals surface area (Å²) in [6.07, 6.45) is 4.17. The highest BCUT2D eigenvalue weighted by Crippen LogP contribution is 2.38. The maximum atomic E-state index is 14.4. The number of nitrogens with zero attached hydrogens (tertiary/aromatic N) is 2. The minimum Gasteiger partial charge on any atom is -0.349 e. The van der Waals surface area contributed by atoms with E-state index in [-0.39, 0.29) is 12.0 Å². The molecule has 0 radical (unpaired) electrons. The van der Waals surface area contributed by atoms with Gasteiger partial charge in [-0.05, 0) is 37.0 Å². The zero-order valence-corrected chi connectivity index (χ0v) is 14.1. The fourth-order valence-corrected chi connectivity index (χ4v) is 3.83. The molecule has 1 atom stereocenters. The summed E-state index contributed by atoms with van der Waals surface area (Å²) in [6, 6.07) is 10.9. The summed E-state index contributed by atoms with van der Waals surface area (Å²) < 4.78 is 27.8. The molecule has 1 aliphatic rings. The van der Waals surface area contributed by atoms with Crippen molar-refractivity contribution < 1.29 is 8.78 Å². The Morgan fingerprint density at radius 2 is 2.00 bits per heavy atom. The summed E-state index contributed by atoms with van der Waals surface area (Å²) >= 11 is 0. The normalized spacial score (nSPS) is 15.9. The fraction of sp³-hybridized carbons (Fsp3) is 0.300. The van der Waals surface area contributed by atoms with Crippen LogP contribution in [-0.4, -0.2) is 9.97 Å². The summed E-state index contributed by atoms with van der Waals surface area (Å²) in [7, 11) is 0. The highest BCUT2D eigenvalue weighted by molar-refractivity contribution is 5.83. The first-order valence-electron chi connectivity index (χ1n) is 8.76. The van der Waals surface area contributed by atoms with Gasteiger partial charge in [0.2, 0.25) is 5.95 Å². The minimum atomic E-state index is -0.584. The predicted molar refractivity (Wildman–Crippen MR) is 95.5 cm³/mol. The molecular weight excluding hydrogens is 334 g/mol. The number of hydrogen-bond donors (Lipinski definition) is 2. The molecule has 0 saturated heterocycles. The maximum absolute atomic E-state index is 14.4. The lowest BCUT2D eigenvalue weighted by Crippen LogP contribution is -2.21. The Morgan fingerprint density at radius 3 is 2.73 bits per heavy atom. The van der Waals surface area contributed by atoms with Crippen molar-refractivity contribution in [1.29, 1.82) is 5.26 Å². The van der Waals surface area contributed by atoms with E-state index in [1.807, 2.05) is 6.07 Å². The summed E-state index contributed by atoms with van der Waals surface area (Å²) in [5, 5.41) is 12.5. The number of aromatic amines is 1. The van der Waals surface area contributed by atoms with Crippen molar-refractivity contribution in [3.05, 3.63) is 59.2 Å². The second-order valence-electron chi connectivity index (χ2n) is 6.73. The van der Waals surface area contributed by atoms with Gasteiger partial charge in [0.05, 0.1) is 17.1 Å². The Bertz CT molecular complexity index is 983. The van der Waals surface area contributed by atoms with Gasteiger partial charge < -0.3 is 10.3 Å². The van der Waals surface area contributed by atoms with Crippen LogP contribution in [0.4, 0.5) is 14.7 Å². The largest absolute Gasteiger partial charge is 0.349 e. The van der Waals surface area contributed by atoms with Crippen LogP contribution in [0.5, 0.6) is 0 Å². The number of H-pyrrole nitrogens is 1. The number of para-hydroxylation sites is 1. The molecule has 0 amide bonds. The quantitative estimate of drug-likeness (QED) is 0.690. The lowest BCUT2D eigenvalue weighted by molar-refractivity contribution is 0.448. The lowest BCUT2D eigenvalue weighted by atomic mass is 9.91. The molecule has 2 N–H and O–H groups in total. The van der Waals surface area contributed by atoms with E-state index in [1.54, 1.807) is 12.1 Å². The Hall–Kier alpha value is -2.94. The number of halogens is 2. The van der Waals surface area contributed by atoms with Crippen molar-refractivity contribution in [1.82, 2.24) is 9.97 Å². The molecule has 4 nitrogen and oxygen atoms in total. The molecule has 1 heterocycles. The van der Waals surface area contributed by atoms with Crippen molar-refractivity contribution in [3.63, 3.8) is 0 Å². The summed E-state index contributed by atoms with van der Waals surface area (Å²) in [5.41, 5.74) is 2.26. The number of nitrogens with one attached hydrogen (secondary N) is 2. The molecule has 1 fully saturated rings. The van der Waals surface area contributed by atoms with Gasteiger partial charge in [-0.25, -0.2) is 13.8 Å². The maximum Gasteiger partial charge on any atom is 0.201 e. The number of aromatic nitrogens is 2. The standard InChI is InChI=1S/C20H18F2N4/c21-14-8-9-15(16(22)10-14)18(12-4-1-2-5-12)25-20-24-17-7-3-6-13(11-23)19(17)26-20/h3,6-10,12,18H,1-2,4-5H2,(H2,24,25,26)/t18-/m0/s1. The van der Waals surface area contributed by atoms with Gasteiger partial charge in [0, 0.05) is 11.6 Å². The second kappa shape index (κ2) is 6.75. The zero-order chi connectivity index (χ0) is 18.1. The summed E-state index contributed by atoms with van der Waals surface area (Å²) in [6.45, 7) is 0. The third-order valence-corrected chi connectivity index (χ3v) is 5.09. The molecular formula is C20H18F2N4. The van der Waals surface area contributed by atoms with E-state index >= 15 is 0 Å². The van der Waals surface area contributed by atoms with Crippen molar-refractivity contribution in [3.8, 4) is 6.07 Å². The van der Waals surface area contributed by atoms with E-state index in [0.717, 1.165) is 37.3 Å². The van der Waals surface area contributed by atoms with E-state index in [4.69, 9.17) is 0 Å². The summed E-state index contributed by atoms with van der Waals surface area (Å²) in [5.74, 6) is -0.399. The van der Waals surface area contributed by atoms with E-state index < -0.39 is 11.6 Å². The number of nitriles is 1. The Kier molecular flexibility index (Phi) is 4.29. The molecule has 2 aromatic carbocycles. The van der Waals surface area contributed by atoms with E-state index in [2.05, 4.69) is 21.4 Å². The van der Waals surface area contributed by atoms with Gasteiger partial charge in [-0.2, -0.15) is 5.26 Å². The van der Waals surface area contributed by atoms with Crippen LogP contribution in [-0.2, 0) is 0 Å². The lowest BCUT2D eigenvalue weighted by Gasteiger charge is -2.25. The highest BCUT2D eigenvalue weighted by Gasteiger charge is 2.29. The first-order valence-corrected chi connectivity index (χ1v) is 8.76.